The van der Waals surface area contributed by atoms with Crippen molar-refractivity contribution in [1.29, 1.82) is 0 Å². The number of aromatic carboxylic acids is 1. The number of hydrogen-bond donors (Lipinski definition) is 2. The summed E-state index contributed by atoms with van der Waals surface area (Å²) in [6.07, 6.45) is 0.943. The molecule has 5 heteroatoms. The van der Waals surface area contributed by atoms with Crippen LogP contribution in [0.15, 0.2) is 23.6 Å². The predicted molar refractivity (Wildman–Crippen MR) is 77.0 cm³/mol. The summed E-state index contributed by atoms with van der Waals surface area (Å²) in [5.74, 6) is -0.909. The largest absolute Gasteiger partial charge is 0.478 e. The van der Waals surface area contributed by atoms with Gasteiger partial charge < -0.3 is 10.4 Å². The van der Waals surface area contributed by atoms with Gasteiger partial charge in [0.2, 0.25) is 0 Å². The summed E-state index contributed by atoms with van der Waals surface area (Å²) in [5, 5.41) is 15.4. The van der Waals surface area contributed by atoms with Crippen LogP contribution >= 0.6 is 11.3 Å². The molecule has 0 unspecified atom stereocenters. The van der Waals surface area contributed by atoms with E-state index in [1.807, 2.05) is 18.4 Å². The van der Waals surface area contributed by atoms with Crippen LogP contribution in [0.25, 0.3) is 0 Å². The Kier molecular flexibility index (Phi) is 4.16. The summed E-state index contributed by atoms with van der Waals surface area (Å²) >= 11 is 1.65. The molecule has 0 aliphatic heterocycles. The van der Waals surface area contributed by atoms with Gasteiger partial charge in [0, 0.05) is 11.1 Å². The van der Waals surface area contributed by atoms with Crippen LogP contribution in [0.4, 0.5) is 5.69 Å². The topological polar surface area (TPSA) is 62.2 Å². The van der Waals surface area contributed by atoms with Crippen molar-refractivity contribution in [2.75, 3.05) is 5.32 Å². The Hall–Kier alpha value is -1.88. The molecule has 1 heterocycles. The number of aromatic nitrogens is 1. The van der Waals surface area contributed by atoms with E-state index in [0.717, 1.165) is 28.4 Å². The second-order valence-electron chi connectivity index (χ2n) is 4.33. The highest BCUT2D eigenvalue weighted by Crippen LogP contribution is 2.17. The van der Waals surface area contributed by atoms with Gasteiger partial charge in [-0.2, -0.15) is 0 Å². The molecule has 0 aliphatic carbocycles. The molecule has 4 nitrogen and oxygen atoms in total. The first-order valence-electron chi connectivity index (χ1n) is 6.10. The lowest BCUT2D eigenvalue weighted by atomic mass is 10.1. The maximum atomic E-state index is 11.0. The van der Waals surface area contributed by atoms with Gasteiger partial charge in [0.15, 0.2) is 0 Å². The summed E-state index contributed by atoms with van der Waals surface area (Å²) in [4.78, 5) is 15.4. The monoisotopic (exact) mass is 276 g/mol. The van der Waals surface area contributed by atoms with Crippen LogP contribution in [0, 0.1) is 6.92 Å². The lowest BCUT2D eigenvalue weighted by Gasteiger charge is -2.07. The van der Waals surface area contributed by atoms with Gasteiger partial charge in [-0.15, -0.1) is 11.3 Å². The highest BCUT2D eigenvalue weighted by Gasteiger charge is 2.06. The van der Waals surface area contributed by atoms with E-state index in [0.29, 0.717) is 12.1 Å². The molecule has 2 N–H and O–H groups in total. The Morgan fingerprint density at radius 2 is 2.21 bits per heavy atom. The smallest absolute Gasteiger partial charge is 0.335 e. The number of hydrogen-bond acceptors (Lipinski definition) is 4. The van der Waals surface area contributed by atoms with Crippen LogP contribution in [-0.4, -0.2) is 16.1 Å². The normalized spacial score (nSPS) is 10.4. The predicted octanol–water partition coefficient (Wildman–Crippen LogP) is 3.32. The van der Waals surface area contributed by atoms with Crippen molar-refractivity contribution in [2.24, 2.45) is 0 Å². The number of thiazole rings is 1. The minimum Gasteiger partial charge on any atom is -0.478 e. The van der Waals surface area contributed by atoms with Crippen molar-refractivity contribution >= 4 is 23.0 Å². The Labute approximate surface area is 116 Å². The molecule has 0 radical (unpaired) electrons. The zero-order chi connectivity index (χ0) is 13.8. The number of rotatable bonds is 5. The number of nitrogens with zero attached hydrogens (tertiary/aromatic N) is 1. The molecule has 0 amide bonds. The molecule has 19 heavy (non-hydrogen) atoms. The van der Waals surface area contributed by atoms with Gasteiger partial charge in [-0.3, -0.25) is 0 Å². The van der Waals surface area contributed by atoms with Gasteiger partial charge >= 0.3 is 5.97 Å². The summed E-state index contributed by atoms with van der Waals surface area (Å²) in [6.45, 7) is 4.57. The maximum Gasteiger partial charge on any atom is 0.335 e. The fraction of sp³-hybridized carbons (Fsp3) is 0.286. The lowest BCUT2D eigenvalue weighted by molar-refractivity contribution is 0.0697. The lowest BCUT2D eigenvalue weighted by Crippen LogP contribution is -2.03. The Balaban J connectivity index is 2.08. The molecule has 0 spiro atoms. The van der Waals surface area contributed by atoms with E-state index in [1.54, 1.807) is 23.5 Å². The maximum absolute atomic E-state index is 11.0. The third kappa shape index (κ3) is 3.54. The zero-order valence-corrected chi connectivity index (χ0v) is 11.8. The van der Waals surface area contributed by atoms with Crippen molar-refractivity contribution in [3.8, 4) is 0 Å². The summed E-state index contributed by atoms with van der Waals surface area (Å²) in [7, 11) is 0. The Morgan fingerprint density at radius 3 is 2.84 bits per heavy atom. The van der Waals surface area contributed by atoms with E-state index < -0.39 is 5.97 Å². The third-order valence-corrected chi connectivity index (χ3v) is 3.74. The zero-order valence-electron chi connectivity index (χ0n) is 10.9. The first kappa shape index (κ1) is 13.5. The van der Waals surface area contributed by atoms with Crippen molar-refractivity contribution < 1.29 is 9.90 Å². The van der Waals surface area contributed by atoms with Crippen molar-refractivity contribution in [2.45, 2.75) is 26.8 Å². The van der Waals surface area contributed by atoms with E-state index in [2.05, 4.69) is 17.2 Å². The molecule has 0 saturated carbocycles. The number of carbonyl (C=O) groups is 1. The molecule has 2 rings (SSSR count). The van der Waals surface area contributed by atoms with Crippen LogP contribution in [0.2, 0.25) is 0 Å². The number of carboxylic acids is 1. The van der Waals surface area contributed by atoms with Crippen molar-refractivity contribution in [3.05, 3.63) is 45.4 Å². The summed E-state index contributed by atoms with van der Waals surface area (Å²) in [5.41, 5.74) is 3.02. The molecule has 0 bridgehead atoms. The van der Waals surface area contributed by atoms with Crippen LogP contribution < -0.4 is 5.32 Å². The average molecular weight is 276 g/mol. The number of aryl methyl sites for hydroxylation is 2. The Morgan fingerprint density at radius 1 is 1.42 bits per heavy atom. The second-order valence-corrected chi connectivity index (χ2v) is 5.28. The second kappa shape index (κ2) is 5.84. The highest BCUT2D eigenvalue weighted by molar-refractivity contribution is 7.09. The molecule has 0 fully saturated rings. The molecule has 0 atom stereocenters. The number of benzene rings is 1. The quantitative estimate of drug-likeness (QED) is 0.879. The molecule has 1 aromatic heterocycles. The molecule has 100 valence electrons. The molecule has 1 aromatic carbocycles. The van der Waals surface area contributed by atoms with Crippen LogP contribution in [-0.2, 0) is 13.0 Å². The molecule has 0 aliphatic rings. The molecule has 2 aromatic rings. The first-order valence-corrected chi connectivity index (χ1v) is 6.98. The number of anilines is 1. The third-order valence-electron chi connectivity index (χ3n) is 2.70. The van der Waals surface area contributed by atoms with Gasteiger partial charge in [0.1, 0.15) is 0 Å². The van der Waals surface area contributed by atoms with Crippen LogP contribution in [0.1, 0.15) is 33.5 Å². The van der Waals surface area contributed by atoms with E-state index in [9.17, 15) is 4.79 Å². The van der Waals surface area contributed by atoms with Gasteiger partial charge in [-0.05, 0) is 37.1 Å². The van der Waals surface area contributed by atoms with Gasteiger partial charge in [0.25, 0.3) is 0 Å². The molecular weight excluding hydrogens is 260 g/mol. The molecular formula is C14H16N2O2S. The molecule has 0 saturated heterocycles. The minimum absolute atomic E-state index is 0.301. The standard InChI is InChI=1S/C14H16N2O2S/c1-3-13-16-12(8-19-13)7-15-11-5-9(2)4-10(6-11)14(17)18/h4-6,8,15H,3,7H2,1-2H3,(H,17,18). The fourth-order valence-corrected chi connectivity index (χ4v) is 2.54. The minimum atomic E-state index is -0.909. The number of nitrogens with one attached hydrogen (secondary N) is 1. The van der Waals surface area contributed by atoms with E-state index in [-0.39, 0.29) is 0 Å². The van der Waals surface area contributed by atoms with Crippen molar-refractivity contribution in [3.63, 3.8) is 0 Å². The van der Waals surface area contributed by atoms with E-state index >= 15 is 0 Å². The summed E-state index contributed by atoms with van der Waals surface area (Å²) in [6, 6.07) is 5.23. The van der Waals surface area contributed by atoms with Crippen molar-refractivity contribution in [1.82, 2.24) is 4.98 Å². The fourth-order valence-electron chi connectivity index (χ4n) is 1.79. The van der Waals surface area contributed by atoms with Crippen LogP contribution in [0.3, 0.4) is 0 Å². The number of carboxylic acid groups (broad SMARTS) is 1. The van der Waals surface area contributed by atoms with Gasteiger partial charge in [0.05, 0.1) is 22.8 Å². The first-order chi connectivity index (χ1) is 9.08. The SMILES string of the molecule is CCc1nc(CNc2cc(C)cc(C(=O)O)c2)cs1. The van der Waals surface area contributed by atoms with E-state index in [1.165, 1.54) is 0 Å². The van der Waals surface area contributed by atoms with Crippen LogP contribution in [0.5, 0.6) is 0 Å². The van der Waals surface area contributed by atoms with Gasteiger partial charge in [-0.1, -0.05) is 6.92 Å². The Bertz CT molecular complexity index is 593. The summed E-state index contributed by atoms with van der Waals surface area (Å²) < 4.78 is 0. The highest BCUT2D eigenvalue weighted by atomic mass is 32.1. The van der Waals surface area contributed by atoms with Gasteiger partial charge in [-0.25, -0.2) is 9.78 Å². The average Bonchev–Trinajstić information content (AvgIpc) is 2.83. The van der Waals surface area contributed by atoms with E-state index in [4.69, 9.17) is 5.11 Å².